The monoisotopic (exact) mass is 442 g/mol. The van der Waals surface area contributed by atoms with Gasteiger partial charge in [-0.2, -0.15) is 4.31 Å². The second kappa shape index (κ2) is 8.51. The topological polar surface area (TPSA) is 66.9 Å². The number of hydrogen-bond donors (Lipinski definition) is 0. The van der Waals surface area contributed by atoms with Crippen molar-refractivity contribution in [3.63, 3.8) is 0 Å². The fourth-order valence-electron chi connectivity index (χ4n) is 3.21. The normalized spacial score (nSPS) is 20.9. The second-order valence-corrected chi connectivity index (χ2v) is 10.7. The molecule has 0 spiro atoms. The number of ether oxygens (including phenoxy) is 1. The highest BCUT2D eigenvalue weighted by atomic mass is 35.5. The summed E-state index contributed by atoms with van der Waals surface area (Å²) in [5, 5.41) is 0. The molecule has 0 N–H and O–H groups in total. The van der Waals surface area contributed by atoms with Crippen molar-refractivity contribution in [1.29, 1.82) is 0 Å². The van der Waals surface area contributed by atoms with Crippen molar-refractivity contribution in [3.8, 4) is 0 Å². The van der Waals surface area contributed by atoms with Crippen molar-refractivity contribution >= 4 is 38.9 Å². The summed E-state index contributed by atoms with van der Waals surface area (Å²) in [7, 11) is -1.92. The van der Waals surface area contributed by atoms with Crippen molar-refractivity contribution in [2.24, 2.45) is 0 Å². The van der Waals surface area contributed by atoms with E-state index in [2.05, 4.69) is 0 Å². The van der Waals surface area contributed by atoms with Crippen molar-refractivity contribution in [3.05, 3.63) is 51.2 Å². The maximum atomic E-state index is 12.9. The molecule has 152 valence electrons. The number of hydrogen-bond acceptors (Lipinski definition) is 5. The van der Waals surface area contributed by atoms with E-state index >= 15 is 0 Å². The molecular formula is C19H23ClN2O4S2. The van der Waals surface area contributed by atoms with E-state index in [4.69, 9.17) is 16.3 Å². The summed E-state index contributed by atoms with van der Waals surface area (Å²) in [6.07, 6.45) is -0.308. The van der Waals surface area contributed by atoms with Crippen LogP contribution >= 0.6 is 22.9 Å². The maximum absolute atomic E-state index is 12.9. The zero-order valence-electron chi connectivity index (χ0n) is 16.0. The molecule has 3 rings (SSSR count). The molecule has 0 bridgehead atoms. The Kier molecular flexibility index (Phi) is 6.46. The SMILES string of the molecule is C[C@H]1CN(S(=O)(=O)c2ccc(C(=O)N(C)Cc3ccc(Cl)s3)cc2)C[C@H](C)O1. The Bertz CT molecular complexity index is 933. The molecule has 1 aromatic heterocycles. The van der Waals surface area contributed by atoms with Crippen LogP contribution < -0.4 is 0 Å². The molecule has 1 fully saturated rings. The van der Waals surface area contributed by atoms with Gasteiger partial charge in [0, 0.05) is 30.6 Å². The number of amides is 1. The third kappa shape index (κ3) is 4.75. The van der Waals surface area contributed by atoms with Gasteiger partial charge in [-0.1, -0.05) is 11.6 Å². The van der Waals surface area contributed by atoms with Crippen molar-refractivity contribution < 1.29 is 17.9 Å². The molecule has 6 nitrogen and oxygen atoms in total. The van der Waals surface area contributed by atoms with Gasteiger partial charge in [-0.25, -0.2) is 8.42 Å². The molecule has 28 heavy (non-hydrogen) atoms. The summed E-state index contributed by atoms with van der Waals surface area (Å²) in [5.74, 6) is -0.179. The number of rotatable bonds is 5. The molecule has 0 aliphatic carbocycles. The quantitative estimate of drug-likeness (QED) is 0.711. The highest BCUT2D eigenvalue weighted by Gasteiger charge is 2.32. The minimum Gasteiger partial charge on any atom is -0.373 e. The Morgan fingerprint density at radius 2 is 1.79 bits per heavy atom. The van der Waals surface area contributed by atoms with Crippen LogP contribution in [0.2, 0.25) is 4.34 Å². The van der Waals surface area contributed by atoms with E-state index in [0.717, 1.165) is 4.88 Å². The zero-order valence-corrected chi connectivity index (χ0v) is 18.4. The Labute approximate surface area is 174 Å². The summed E-state index contributed by atoms with van der Waals surface area (Å²) in [5.41, 5.74) is 0.438. The minimum absolute atomic E-state index is 0.154. The maximum Gasteiger partial charge on any atom is 0.253 e. The van der Waals surface area contributed by atoms with Crippen LogP contribution in [0.1, 0.15) is 29.1 Å². The predicted octanol–water partition coefficient (Wildman–Crippen LogP) is 3.47. The van der Waals surface area contributed by atoms with E-state index in [1.54, 1.807) is 30.1 Å². The molecule has 1 saturated heterocycles. The van der Waals surface area contributed by atoms with E-state index < -0.39 is 10.0 Å². The van der Waals surface area contributed by atoms with Gasteiger partial charge in [0.15, 0.2) is 0 Å². The van der Waals surface area contributed by atoms with Crippen molar-refractivity contribution in [2.75, 3.05) is 20.1 Å². The van der Waals surface area contributed by atoms with E-state index in [1.165, 1.54) is 27.8 Å². The number of benzene rings is 1. The predicted molar refractivity (Wildman–Crippen MR) is 110 cm³/mol. The largest absolute Gasteiger partial charge is 0.373 e. The van der Waals surface area contributed by atoms with Crippen LogP contribution in [0.25, 0.3) is 0 Å². The summed E-state index contributed by atoms with van der Waals surface area (Å²) in [6, 6.07) is 9.77. The second-order valence-electron chi connectivity index (χ2n) is 6.97. The first-order valence-corrected chi connectivity index (χ1v) is 11.6. The molecule has 1 amide bonds. The van der Waals surface area contributed by atoms with Crippen LogP contribution in [-0.4, -0.2) is 55.9 Å². The van der Waals surface area contributed by atoms with E-state index in [-0.39, 0.29) is 23.0 Å². The van der Waals surface area contributed by atoms with Gasteiger partial charge in [0.1, 0.15) is 0 Å². The third-order valence-electron chi connectivity index (χ3n) is 4.49. The van der Waals surface area contributed by atoms with Gasteiger partial charge in [0.2, 0.25) is 10.0 Å². The molecule has 0 radical (unpaired) electrons. The number of morpholine rings is 1. The highest BCUT2D eigenvalue weighted by molar-refractivity contribution is 7.89. The zero-order chi connectivity index (χ0) is 20.5. The van der Waals surface area contributed by atoms with Crippen LogP contribution in [0.3, 0.4) is 0 Å². The molecule has 9 heteroatoms. The van der Waals surface area contributed by atoms with E-state index in [1.807, 2.05) is 19.9 Å². The third-order valence-corrected chi connectivity index (χ3v) is 7.56. The van der Waals surface area contributed by atoms with Gasteiger partial charge < -0.3 is 9.64 Å². The molecule has 1 aromatic carbocycles. The van der Waals surface area contributed by atoms with Gasteiger partial charge >= 0.3 is 0 Å². The fraction of sp³-hybridized carbons (Fsp3) is 0.421. The first kappa shape index (κ1) is 21.3. The van der Waals surface area contributed by atoms with Crippen LogP contribution in [0.4, 0.5) is 0 Å². The highest BCUT2D eigenvalue weighted by Crippen LogP contribution is 2.24. The lowest BCUT2D eigenvalue weighted by molar-refractivity contribution is -0.0440. The van der Waals surface area contributed by atoms with Crippen LogP contribution in [0.5, 0.6) is 0 Å². The lowest BCUT2D eigenvalue weighted by atomic mass is 10.2. The molecule has 0 saturated carbocycles. The van der Waals surface area contributed by atoms with Gasteiger partial charge in [0.25, 0.3) is 5.91 Å². The van der Waals surface area contributed by atoms with Crippen LogP contribution in [0.15, 0.2) is 41.3 Å². The Hall–Kier alpha value is -1.45. The Morgan fingerprint density at radius 3 is 2.32 bits per heavy atom. The fourth-order valence-corrected chi connectivity index (χ4v) is 5.94. The smallest absolute Gasteiger partial charge is 0.253 e. The summed E-state index contributed by atoms with van der Waals surface area (Å²) in [4.78, 5) is 15.4. The van der Waals surface area contributed by atoms with Gasteiger partial charge in [-0.3, -0.25) is 4.79 Å². The summed E-state index contributed by atoms with van der Waals surface area (Å²) < 4.78 is 33.5. The molecule has 1 aliphatic heterocycles. The van der Waals surface area contributed by atoms with Crippen LogP contribution in [-0.2, 0) is 21.3 Å². The summed E-state index contributed by atoms with van der Waals surface area (Å²) >= 11 is 7.36. The molecular weight excluding hydrogens is 420 g/mol. The number of nitrogens with zero attached hydrogens (tertiary/aromatic N) is 2. The molecule has 2 heterocycles. The van der Waals surface area contributed by atoms with Gasteiger partial charge in [-0.15, -0.1) is 11.3 Å². The van der Waals surface area contributed by atoms with Crippen LogP contribution in [0, 0.1) is 0 Å². The average molecular weight is 443 g/mol. The minimum atomic E-state index is -3.62. The van der Waals surface area contributed by atoms with Crippen molar-refractivity contribution in [2.45, 2.75) is 37.5 Å². The van der Waals surface area contributed by atoms with Crippen molar-refractivity contribution in [1.82, 2.24) is 9.21 Å². The number of sulfonamides is 1. The van der Waals surface area contributed by atoms with Gasteiger partial charge in [0.05, 0.1) is 28.0 Å². The number of carbonyl (C=O) groups excluding carboxylic acids is 1. The Morgan fingerprint density at radius 1 is 1.18 bits per heavy atom. The lowest BCUT2D eigenvalue weighted by Gasteiger charge is -2.34. The summed E-state index contributed by atoms with van der Waals surface area (Å²) in [6.45, 7) is 4.80. The molecule has 1 aliphatic rings. The standard InChI is InChI=1S/C19H23ClN2O4S2/c1-13-10-22(11-14(2)26-13)28(24,25)17-7-4-15(5-8-17)19(23)21(3)12-16-6-9-18(20)27-16/h4-9,13-14H,10-12H2,1-3H3/t13-,14-/m0/s1. The van der Waals surface area contributed by atoms with E-state index in [0.29, 0.717) is 29.5 Å². The molecule has 2 atom stereocenters. The Balaban J connectivity index is 1.72. The molecule has 2 aromatic rings. The number of thiophene rings is 1. The average Bonchev–Trinajstić information content (AvgIpc) is 3.05. The molecule has 0 unspecified atom stereocenters. The number of carbonyl (C=O) groups is 1. The number of halogens is 1. The first-order chi connectivity index (χ1) is 13.2. The van der Waals surface area contributed by atoms with Gasteiger partial charge in [-0.05, 0) is 50.2 Å². The van der Waals surface area contributed by atoms with E-state index in [9.17, 15) is 13.2 Å². The lowest BCUT2D eigenvalue weighted by Crippen LogP contribution is -2.48. The first-order valence-electron chi connectivity index (χ1n) is 8.92.